The summed E-state index contributed by atoms with van der Waals surface area (Å²) in [6.45, 7) is 2.50. The molecule has 1 aromatic rings. The van der Waals surface area contributed by atoms with Gasteiger partial charge in [-0.15, -0.1) is 0 Å². The predicted octanol–water partition coefficient (Wildman–Crippen LogP) is -0.719. The van der Waals surface area contributed by atoms with Crippen molar-refractivity contribution in [2.45, 2.75) is 19.1 Å². The maximum absolute atomic E-state index is 12.3. The van der Waals surface area contributed by atoms with Crippen LogP contribution in [0.4, 0.5) is 5.82 Å². The van der Waals surface area contributed by atoms with Gasteiger partial charge in [0, 0.05) is 6.54 Å². The van der Waals surface area contributed by atoms with Gasteiger partial charge in [-0.2, -0.15) is 0 Å². The van der Waals surface area contributed by atoms with Crippen LogP contribution in [0.15, 0.2) is 12.4 Å². The van der Waals surface area contributed by atoms with Gasteiger partial charge in [-0.05, 0) is 6.92 Å². The second-order valence-corrected chi connectivity index (χ2v) is 4.27. The number of morpholine rings is 1. The normalized spacial score (nSPS) is 24.0. The van der Waals surface area contributed by atoms with Crippen molar-refractivity contribution in [2.75, 3.05) is 25.5 Å². The number of aliphatic hydroxyl groups excluding tert-OH is 1. The van der Waals surface area contributed by atoms with Crippen LogP contribution in [0.2, 0.25) is 0 Å². The molecule has 7 heteroatoms. The SMILES string of the molecule is CC1COC(CO)CN1C(=O)c1cncc(N)n1. The van der Waals surface area contributed by atoms with Gasteiger partial charge in [-0.3, -0.25) is 9.78 Å². The van der Waals surface area contributed by atoms with E-state index in [-0.39, 0.29) is 36.2 Å². The number of carbonyl (C=O) groups is 1. The zero-order valence-electron chi connectivity index (χ0n) is 10.1. The van der Waals surface area contributed by atoms with E-state index in [0.29, 0.717) is 13.2 Å². The third-order valence-corrected chi connectivity index (χ3v) is 2.84. The van der Waals surface area contributed by atoms with Crippen LogP contribution >= 0.6 is 0 Å². The zero-order chi connectivity index (χ0) is 13.1. The van der Waals surface area contributed by atoms with Crippen LogP contribution in [0.25, 0.3) is 0 Å². The van der Waals surface area contributed by atoms with Gasteiger partial charge in [0.2, 0.25) is 0 Å². The first-order valence-corrected chi connectivity index (χ1v) is 5.72. The molecule has 1 amide bonds. The summed E-state index contributed by atoms with van der Waals surface area (Å²) in [6, 6.07) is -0.0662. The lowest BCUT2D eigenvalue weighted by atomic mass is 10.2. The Bertz CT molecular complexity index is 440. The van der Waals surface area contributed by atoms with Gasteiger partial charge in [-0.1, -0.05) is 0 Å². The number of aliphatic hydroxyl groups is 1. The van der Waals surface area contributed by atoms with Gasteiger partial charge >= 0.3 is 0 Å². The number of nitrogens with two attached hydrogens (primary N) is 1. The van der Waals surface area contributed by atoms with Crippen molar-refractivity contribution in [3.8, 4) is 0 Å². The highest BCUT2D eigenvalue weighted by Crippen LogP contribution is 2.14. The van der Waals surface area contributed by atoms with Crippen molar-refractivity contribution >= 4 is 11.7 Å². The molecular formula is C11H16N4O3. The van der Waals surface area contributed by atoms with Gasteiger partial charge in [0.05, 0.1) is 37.8 Å². The Labute approximate surface area is 105 Å². The lowest BCUT2D eigenvalue weighted by molar-refractivity contribution is -0.0668. The Kier molecular flexibility index (Phi) is 3.73. The molecule has 0 spiro atoms. The number of aromatic nitrogens is 2. The number of rotatable bonds is 2. The van der Waals surface area contributed by atoms with E-state index in [2.05, 4.69) is 9.97 Å². The minimum atomic E-state index is -0.348. The summed E-state index contributed by atoms with van der Waals surface area (Å²) >= 11 is 0. The van der Waals surface area contributed by atoms with E-state index < -0.39 is 0 Å². The van der Waals surface area contributed by atoms with Gasteiger partial charge in [0.25, 0.3) is 5.91 Å². The predicted molar refractivity (Wildman–Crippen MR) is 63.8 cm³/mol. The summed E-state index contributed by atoms with van der Waals surface area (Å²) < 4.78 is 5.37. The molecule has 1 aliphatic rings. The Morgan fingerprint density at radius 3 is 3.11 bits per heavy atom. The third-order valence-electron chi connectivity index (χ3n) is 2.84. The number of hydrogen-bond donors (Lipinski definition) is 2. The topological polar surface area (TPSA) is 102 Å². The minimum Gasteiger partial charge on any atom is -0.394 e. The average Bonchev–Trinajstić information content (AvgIpc) is 2.38. The summed E-state index contributed by atoms with van der Waals surface area (Å²) in [7, 11) is 0. The molecular weight excluding hydrogens is 236 g/mol. The zero-order valence-corrected chi connectivity index (χ0v) is 10.1. The van der Waals surface area contributed by atoms with Gasteiger partial charge in [0.1, 0.15) is 11.5 Å². The number of amides is 1. The van der Waals surface area contributed by atoms with E-state index >= 15 is 0 Å². The number of nitrogen functional groups attached to an aromatic ring is 1. The molecule has 0 bridgehead atoms. The van der Waals surface area contributed by atoms with Crippen molar-refractivity contribution in [1.29, 1.82) is 0 Å². The van der Waals surface area contributed by atoms with Crippen LogP contribution in [0.3, 0.4) is 0 Å². The fraction of sp³-hybridized carbons (Fsp3) is 0.545. The Morgan fingerprint density at radius 1 is 1.67 bits per heavy atom. The summed E-state index contributed by atoms with van der Waals surface area (Å²) in [5.41, 5.74) is 5.71. The minimum absolute atomic E-state index is 0.0662. The van der Waals surface area contributed by atoms with Gasteiger partial charge in [0.15, 0.2) is 0 Å². The molecule has 0 aliphatic carbocycles. The summed E-state index contributed by atoms with van der Waals surface area (Å²) in [5.74, 6) is -0.0375. The van der Waals surface area contributed by atoms with Crippen LogP contribution in [-0.4, -0.2) is 57.8 Å². The average molecular weight is 252 g/mol. The fourth-order valence-corrected chi connectivity index (χ4v) is 1.84. The van der Waals surface area contributed by atoms with Crippen LogP contribution in [0.5, 0.6) is 0 Å². The van der Waals surface area contributed by atoms with Gasteiger partial charge in [-0.25, -0.2) is 4.98 Å². The van der Waals surface area contributed by atoms with Crippen LogP contribution in [0.1, 0.15) is 17.4 Å². The molecule has 18 heavy (non-hydrogen) atoms. The maximum Gasteiger partial charge on any atom is 0.274 e. The van der Waals surface area contributed by atoms with E-state index in [1.807, 2.05) is 6.92 Å². The first-order chi connectivity index (χ1) is 8.61. The van der Waals surface area contributed by atoms with E-state index in [0.717, 1.165) is 0 Å². The highest BCUT2D eigenvalue weighted by atomic mass is 16.5. The quantitative estimate of drug-likeness (QED) is 0.720. The van der Waals surface area contributed by atoms with Crippen molar-refractivity contribution in [1.82, 2.24) is 14.9 Å². The number of anilines is 1. The smallest absolute Gasteiger partial charge is 0.274 e. The lowest BCUT2D eigenvalue weighted by Crippen LogP contribution is -2.52. The van der Waals surface area contributed by atoms with Crippen molar-refractivity contribution in [3.05, 3.63) is 18.1 Å². The molecule has 0 radical (unpaired) electrons. The highest BCUT2D eigenvalue weighted by Gasteiger charge is 2.30. The standard InChI is InChI=1S/C11H16N4O3/c1-7-6-18-8(5-16)4-15(7)11(17)9-2-13-3-10(12)14-9/h2-3,7-8,16H,4-6H2,1H3,(H2,12,14). The van der Waals surface area contributed by atoms with Crippen LogP contribution < -0.4 is 5.73 Å². The Balaban J connectivity index is 2.16. The van der Waals surface area contributed by atoms with Gasteiger partial charge < -0.3 is 20.5 Å². The molecule has 0 aromatic carbocycles. The molecule has 1 saturated heterocycles. The first-order valence-electron chi connectivity index (χ1n) is 5.72. The van der Waals surface area contributed by atoms with E-state index in [9.17, 15) is 4.79 Å². The molecule has 7 nitrogen and oxygen atoms in total. The molecule has 1 aliphatic heterocycles. The lowest BCUT2D eigenvalue weighted by Gasteiger charge is -2.37. The number of carbonyl (C=O) groups excluding carboxylic acids is 1. The van der Waals surface area contributed by atoms with Crippen LogP contribution in [0, 0.1) is 0 Å². The van der Waals surface area contributed by atoms with E-state index in [4.69, 9.17) is 15.6 Å². The van der Waals surface area contributed by atoms with Crippen molar-refractivity contribution < 1.29 is 14.6 Å². The van der Waals surface area contributed by atoms with E-state index in [1.54, 1.807) is 4.90 Å². The summed E-state index contributed by atoms with van der Waals surface area (Å²) in [5, 5.41) is 9.08. The Morgan fingerprint density at radius 2 is 2.44 bits per heavy atom. The molecule has 98 valence electrons. The molecule has 2 atom stereocenters. The van der Waals surface area contributed by atoms with Crippen molar-refractivity contribution in [2.24, 2.45) is 0 Å². The second-order valence-electron chi connectivity index (χ2n) is 4.27. The summed E-state index contributed by atoms with van der Waals surface area (Å²) in [4.78, 5) is 21.7. The molecule has 3 N–H and O–H groups in total. The highest BCUT2D eigenvalue weighted by molar-refractivity contribution is 5.92. The largest absolute Gasteiger partial charge is 0.394 e. The molecule has 2 unspecified atom stereocenters. The molecule has 0 saturated carbocycles. The van der Waals surface area contributed by atoms with Crippen LogP contribution in [-0.2, 0) is 4.74 Å². The second kappa shape index (κ2) is 5.28. The number of nitrogens with zero attached hydrogens (tertiary/aromatic N) is 3. The molecule has 2 rings (SSSR count). The molecule has 2 heterocycles. The number of hydrogen-bond acceptors (Lipinski definition) is 6. The monoisotopic (exact) mass is 252 g/mol. The maximum atomic E-state index is 12.3. The molecule has 1 fully saturated rings. The first kappa shape index (κ1) is 12.7. The number of ether oxygens (including phenoxy) is 1. The van der Waals surface area contributed by atoms with Crippen molar-refractivity contribution in [3.63, 3.8) is 0 Å². The third kappa shape index (κ3) is 2.57. The Hall–Kier alpha value is -1.73. The summed E-state index contributed by atoms with van der Waals surface area (Å²) in [6.07, 6.45) is 2.42. The fourth-order valence-electron chi connectivity index (χ4n) is 1.84. The van der Waals surface area contributed by atoms with E-state index in [1.165, 1.54) is 12.4 Å². The molecule has 1 aromatic heterocycles.